The highest BCUT2D eigenvalue weighted by Gasteiger charge is 2.09. The Morgan fingerprint density at radius 2 is 1.92 bits per heavy atom. The average Bonchev–Trinajstić information content (AvgIpc) is 3.09. The summed E-state index contributed by atoms with van der Waals surface area (Å²) in [7, 11) is 0. The molecule has 3 rings (SSSR count). The summed E-state index contributed by atoms with van der Waals surface area (Å²) in [5.41, 5.74) is 2.37. The molecule has 1 aromatic heterocycles. The molecule has 0 aliphatic carbocycles. The molecule has 2 aromatic carbocycles. The molecule has 1 amide bonds. The highest BCUT2D eigenvalue weighted by Crippen LogP contribution is 2.25. The molecule has 1 heterocycles. The third kappa shape index (κ3) is 4.78. The molecule has 0 radical (unpaired) electrons. The number of rotatable bonds is 5. The zero-order chi connectivity index (χ0) is 17.6. The summed E-state index contributed by atoms with van der Waals surface area (Å²) in [6, 6.07) is 16.6. The number of ether oxygens (including phenoxy) is 1. The lowest BCUT2D eigenvalue weighted by Crippen LogP contribution is -2.20. The fourth-order valence-electron chi connectivity index (χ4n) is 2.01. The molecule has 0 aliphatic heterocycles. The topological polar surface area (TPSA) is 75.0 Å². The summed E-state index contributed by atoms with van der Waals surface area (Å²) >= 11 is 3.62. The predicted octanol–water partition coefficient (Wildman–Crippen LogP) is 4.30. The molecular weight excluding hydrogens is 449 g/mol. The first-order valence-corrected chi connectivity index (χ1v) is 9.24. The van der Waals surface area contributed by atoms with Crippen molar-refractivity contribution in [1.82, 2.24) is 4.98 Å². The molecule has 0 aliphatic rings. The lowest BCUT2D eigenvalue weighted by molar-refractivity contribution is -0.118. The number of carbonyl (C=O) groups excluding carboxylic acids is 1. The van der Waals surface area contributed by atoms with Gasteiger partial charge in [0.2, 0.25) is 0 Å². The highest BCUT2D eigenvalue weighted by atomic mass is 127. The van der Waals surface area contributed by atoms with Crippen molar-refractivity contribution in [2.75, 3.05) is 11.9 Å². The van der Waals surface area contributed by atoms with Crippen LogP contribution in [0.25, 0.3) is 11.3 Å². The Balaban J connectivity index is 1.56. The summed E-state index contributed by atoms with van der Waals surface area (Å²) in [6.45, 7) is -0.121. The van der Waals surface area contributed by atoms with Gasteiger partial charge in [0.15, 0.2) is 11.7 Å². The first kappa shape index (κ1) is 17.4. The van der Waals surface area contributed by atoms with Gasteiger partial charge in [-0.3, -0.25) is 10.1 Å². The van der Waals surface area contributed by atoms with Crippen LogP contribution in [-0.4, -0.2) is 17.5 Å². The zero-order valence-electron chi connectivity index (χ0n) is 12.9. The maximum absolute atomic E-state index is 12.0. The summed E-state index contributed by atoms with van der Waals surface area (Å²) in [5.74, 6) is 0.251. The normalized spacial score (nSPS) is 10.1. The largest absolute Gasteiger partial charge is 0.484 e. The molecule has 25 heavy (non-hydrogen) atoms. The minimum absolute atomic E-state index is 0.121. The van der Waals surface area contributed by atoms with E-state index in [-0.39, 0.29) is 12.5 Å². The third-order valence-electron chi connectivity index (χ3n) is 3.24. The third-order valence-corrected chi connectivity index (χ3v) is 4.72. The van der Waals surface area contributed by atoms with Gasteiger partial charge in [-0.15, -0.1) is 11.3 Å². The SMILES string of the molecule is N#Cc1ccc(OCC(=O)Nc2nc(-c3ccc(I)cc3)cs2)cc1. The van der Waals surface area contributed by atoms with E-state index in [1.54, 1.807) is 24.3 Å². The molecule has 0 unspecified atom stereocenters. The van der Waals surface area contributed by atoms with Crippen LogP contribution in [0.2, 0.25) is 0 Å². The molecule has 0 fully saturated rings. The monoisotopic (exact) mass is 461 g/mol. The van der Waals surface area contributed by atoms with Gasteiger partial charge in [0.25, 0.3) is 5.91 Å². The Kier molecular flexibility index (Phi) is 5.63. The second-order valence-electron chi connectivity index (χ2n) is 5.02. The van der Waals surface area contributed by atoms with Crippen molar-refractivity contribution in [3.05, 3.63) is 63.0 Å². The number of benzene rings is 2. The maximum atomic E-state index is 12.0. The van der Waals surface area contributed by atoms with E-state index in [1.165, 1.54) is 11.3 Å². The van der Waals surface area contributed by atoms with Crippen molar-refractivity contribution in [3.63, 3.8) is 0 Å². The lowest BCUT2D eigenvalue weighted by Gasteiger charge is -2.05. The number of nitrogens with one attached hydrogen (secondary N) is 1. The van der Waals surface area contributed by atoms with E-state index in [1.807, 2.05) is 35.7 Å². The van der Waals surface area contributed by atoms with Crippen LogP contribution in [0.1, 0.15) is 5.56 Å². The van der Waals surface area contributed by atoms with Crippen molar-refractivity contribution >= 4 is 45.0 Å². The van der Waals surface area contributed by atoms with Gasteiger partial charge in [0.05, 0.1) is 17.3 Å². The molecule has 0 saturated heterocycles. The van der Waals surface area contributed by atoms with Crippen LogP contribution in [0.5, 0.6) is 5.75 Å². The Morgan fingerprint density at radius 3 is 2.60 bits per heavy atom. The number of aromatic nitrogens is 1. The van der Waals surface area contributed by atoms with Crippen LogP contribution in [0.3, 0.4) is 0 Å². The molecule has 3 aromatic rings. The van der Waals surface area contributed by atoms with E-state index in [9.17, 15) is 4.79 Å². The van der Waals surface area contributed by atoms with Crippen LogP contribution >= 0.6 is 33.9 Å². The summed E-state index contributed by atoms with van der Waals surface area (Å²) in [4.78, 5) is 16.4. The fraction of sp³-hybridized carbons (Fsp3) is 0.0556. The van der Waals surface area contributed by atoms with E-state index in [2.05, 4.69) is 32.9 Å². The molecule has 7 heteroatoms. The number of halogens is 1. The minimum atomic E-state index is -0.284. The Morgan fingerprint density at radius 1 is 1.20 bits per heavy atom. The zero-order valence-corrected chi connectivity index (χ0v) is 15.9. The molecule has 0 atom stereocenters. The lowest BCUT2D eigenvalue weighted by atomic mass is 10.2. The predicted molar refractivity (Wildman–Crippen MR) is 106 cm³/mol. The Labute approximate surface area is 162 Å². The Hall–Kier alpha value is -2.44. The van der Waals surface area contributed by atoms with Crippen molar-refractivity contribution in [2.24, 2.45) is 0 Å². The smallest absolute Gasteiger partial charge is 0.264 e. The summed E-state index contributed by atoms with van der Waals surface area (Å²) in [5, 5.41) is 13.9. The van der Waals surface area contributed by atoms with Crippen LogP contribution < -0.4 is 10.1 Å². The molecule has 124 valence electrons. The van der Waals surface area contributed by atoms with E-state index in [0.29, 0.717) is 16.4 Å². The van der Waals surface area contributed by atoms with Gasteiger partial charge in [-0.05, 0) is 59.0 Å². The number of hydrogen-bond acceptors (Lipinski definition) is 5. The molecule has 0 spiro atoms. The Bertz CT molecular complexity index is 915. The number of carbonyl (C=O) groups is 1. The van der Waals surface area contributed by atoms with Crippen LogP contribution in [0.15, 0.2) is 53.9 Å². The summed E-state index contributed by atoms with van der Waals surface area (Å²) in [6.07, 6.45) is 0. The van der Waals surface area contributed by atoms with Gasteiger partial charge in [0, 0.05) is 14.5 Å². The highest BCUT2D eigenvalue weighted by molar-refractivity contribution is 14.1. The number of amides is 1. The number of nitriles is 1. The van der Waals surface area contributed by atoms with Gasteiger partial charge >= 0.3 is 0 Å². The van der Waals surface area contributed by atoms with Gasteiger partial charge in [0.1, 0.15) is 5.75 Å². The fourth-order valence-corrected chi connectivity index (χ4v) is 3.11. The van der Waals surface area contributed by atoms with E-state index in [0.717, 1.165) is 14.8 Å². The molecule has 0 saturated carbocycles. The number of thiazole rings is 1. The van der Waals surface area contributed by atoms with Crippen molar-refractivity contribution in [2.45, 2.75) is 0 Å². The second-order valence-corrected chi connectivity index (χ2v) is 7.12. The standard InChI is InChI=1S/C18H12IN3O2S/c19-14-5-3-13(4-6-14)16-11-25-18(21-16)22-17(23)10-24-15-7-1-12(9-20)2-8-15/h1-8,11H,10H2,(H,21,22,23). The van der Waals surface area contributed by atoms with Crippen molar-refractivity contribution < 1.29 is 9.53 Å². The summed E-state index contributed by atoms with van der Waals surface area (Å²) < 4.78 is 6.56. The van der Waals surface area contributed by atoms with E-state index >= 15 is 0 Å². The van der Waals surface area contributed by atoms with Crippen LogP contribution in [-0.2, 0) is 4.79 Å². The quantitative estimate of drug-likeness (QED) is 0.575. The van der Waals surface area contributed by atoms with Crippen LogP contribution in [0.4, 0.5) is 5.13 Å². The van der Waals surface area contributed by atoms with Gasteiger partial charge in [-0.1, -0.05) is 12.1 Å². The molecule has 5 nitrogen and oxygen atoms in total. The maximum Gasteiger partial charge on any atom is 0.264 e. The number of anilines is 1. The second kappa shape index (κ2) is 8.09. The van der Waals surface area contributed by atoms with Gasteiger partial charge in [-0.25, -0.2) is 4.98 Å². The number of nitrogens with zero attached hydrogens (tertiary/aromatic N) is 2. The van der Waals surface area contributed by atoms with Crippen LogP contribution in [0, 0.1) is 14.9 Å². The number of hydrogen-bond donors (Lipinski definition) is 1. The minimum Gasteiger partial charge on any atom is -0.484 e. The molecule has 1 N–H and O–H groups in total. The van der Waals surface area contributed by atoms with E-state index in [4.69, 9.17) is 10.00 Å². The molecule has 0 bridgehead atoms. The van der Waals surface area contributed by atoms with Gasteiger partial charge in [-0.2, -0.15) is 5.26 Å². The first-order valence-electron chi connectivity index (χ1n) is 7.28. The average molecular weight is 461 g/mol. The first-order chi connectivity index (χ1) is 12.1. The van der Waals surface area contributed by atoms with E-state index < -0.39 is 0 Å². The van der Waals surface area contributed by atoms with Gasteiger partial charge < -0.3 is 4.74 Å². The van der Waals surface area contributed by atoms with Crippen molar-refractivity contribution in [3.8, 4) is 23.1 Å². The molecular formula is C18H12IN3O2S. The van der Waals surface area contributed by atoms with Crippen molar-refractivity contribution in [1.29, 1.82) is 5.26 Å².